The van der Waals surface area contributed by atoms with Crippen LogP contribution < -0.4 is 4.90 Å². The molecule has 0 spiro atoms. The van der Waals surface area contributed by atoms with E-state index in [1.807, 2.05) is 6.07 Å². The molecule has 0 saturated carbocycles. The van der Waals surface area contributed by atoms with Crippen LogP contribution in [-0.4, -0.2) is 6.54 Å². The molecule has 0 saturated heterocycles. The van der Waals surface area contributed by atoms with Crippen LogP contribution in [0.4, 0.5) is 11.4 Å². The van der Waals surface area contributed by atoms with Crippen molar-refractivity contribution in [3.8, 4) is 55.6 Å². The highest BCUT2D eigenvalue weighted by atomic mass is 16.3. The van der Waals surface area contributed by atoms with Crippen molar-refractivity contribution in [3.05, 3.63) is 225 Å². The molecule has 0 radical (unpaired) electrons. The highest BCUT2D eigenvalue weighted by Crippen LogP contribution is 2.41. The fourth-order valence-electron chi connectivity index (χ4n) is 8.10. The van der Waals surface area contributed by atoms with Crippen molar-refractivity contribution in [1.82, 2.24) is 0 Å². The number of rotatable bonds is 6. The smallest absolute Gasteiger partial charge is 0.143 e. The number of anilines is 2. The largest absolute Gasteiger partial charge is 0.455 e. The Morgan fingerprint density at radius 3 is 1.72 bits per heavy atom. The molecular weight excluding hydrogens is 691 g/mol. The summed E-state index contributed by atoms with van der Waals surface area (Å²) in [4.78, 5) is 2.36. The Balaban J connectivity index is 1.13. The van der Waals surface area contributed by atoms with Crippen LogP contribution in [-0.2, 0) is 0 Å². The lowest BCUT2D eigenvalue weighted by atomic mass is 9.90. The van der Waals surface area contributed by atoms with E-state index < -0.39 is 0 Å². The van der Waals surface area contributed by atoms with Gasteiger partial charge in [-0.15, -0.1) is 0 Å². The summed E-state index contributed by atoms with van der Waals surface area (Å²) < 4.78 is 6.57. The van der Waals surface area contributed by atoms with Gasteiger partial charge in [0.05, 0.1) is 0 Å². The second-order valence-electron chi connectivity index (χ2n) is 14.6. The van der Waals surface area contributed by atoms with Gasteiger partial charge in [-0.2, -0.15) is 0 Å². The molecule has 0 aliphatic carbocycles. The third-order valence-electron chi connectivity index (χ3n) is 11.0. The molecule has 0 fully saturated rings. The van der Waals surface area contributed by atoms with Crippen molar-refractivity contribution in [2.45, 2.75) is 0 Å². The molecule has 0 unspecified atom stereocenters. The zero-order chi connectivity index (χ0) is 38.1. The first kappa shape index (κ1) is 34.1. The number of furan rings is 1. The number of nitrogens with zero attached hydrogens (tertiary/aromatic N) is 1. The predicted molar refractivity (Wildman–Crippen MR) is 242 cm³/mol. The number of hydrogen-bond donors (Lipinski definition) is 0. The number of allylic oxidation sites excluding steroid dienone is 4. The van der Waals surface area contributed by atoms with Crippen LogP contribution in [0.3, 0.4) is 0 Å². The summed E-state index contributed by atoms with van der Waals surface area (Å²) in [6.45, 7) is 5.30. The summed E-state index contributed by atoms with van der Waals surface area (Å²) in [5.41, 5.74) is 17.7. The van der Waals surface area contributed by atoms with E-state index in [9.17, 15) is 0 Å². The van der Waals surface area contributed by atoms with Crippen LogP contribution in [0.2, 0.25) is 0 Å². The van der Waals surface area contributed by atoms with Gasteiger partial charge in [0.15, 0.2) is 0 Å². The molecule has 1 aliphatic rings. The maximum absolute atomic E-state index is 6.57. The second-order valence-corrected chi connectivity index (χ2v) is 14.6. The molecular formula is C55H39NO. The molecule has 270 valence electrons. The summed E-state index contributed by atoms with van der Waals surface area (Å²) in [6.07, 6.45) is 8.50. The summed E-state index contributed by atoms with van der Waals surface area (Å²) in [5, 5.41) is 2.22. The van der Waals surface area contributed by atoms with Gasteiger partial charge in [0.1, 0.15) is 11.2 Å². The van der Waals surface area contributed by atoms with Gasteiger partial charge in [0.2, 0.25) is 0 Å². The van der Waals surface area contributed by atoms with Gasteiger partial charge in [-0.25, -0.2) is 0 Å². The van der Waals surface area contributed by atoms with E-state index >= 15 is 0 Å². The number of para-hydroxylation sites is 2. The van der Waals surface area contributed by atoms with E-state index in [1.54, 1.807) is 0 Å². The van der Waals surface area contributed by atoms with Crippen LogP contribution in [0, 0.1) is 0 Å². The van der Waals surface area contributed by atoms with E-state index in [-0.39, 0.29) is 0 Å². The Morgan fingerprint density at radius 2 is 1.00 bits per heavy atom. The zero-order valence-electron chi connectivity index (χ0n) is 31.5. The van der Waals surface area contributed by atoms with Gasteiger partial charge in [-0.1, -0.05) is 164 Å². The van der Waals surface area contributed by atoms with Crippen LogP contribution in [0.1, 0.15) is 5.56 Å². The molecule has 8 aromatic carbocycles. The normalized spacial score (nSPS) is 13.8. The average Bonchev–Trinajstić information content (AvgIpc) is 3.69. The Morgan fingerprint density at radius 1 is 0.421 bits per heavy atom. The lowest BCUT2D eigenvalue weighted by Gasteiger charge is -2.27. The topological polar surface area (TPSA) is 16.4 Å². The molecule has 10 rings (SSSR count). The number of hydrogen-bond acceptors (Lipinski definition) is 2. The van der Waals surface area contributed by atoms with Gasteiger partial charge in [0, 0.05) is 39.8 Å². The van der Waals surface area contributed by atoms with E-state index in [0.29, 0.717) is 0 Å². The third-order valence-corrected chi connectivity index (χ3v) is 11.0. The fourth-order valence-corrected chi connectivity index (χ4v) is 8.10. The standard InChI is InChI=1S/C55H39NO/c1-38-15-6-5-13-32-56(48-20-11-4-12-21-48)53-30-28-43(36-51(38)53)46-33-45(41-26-24-40(25-27-41)39-16-7-2-8-17-39)34-47(35-46)44-29-31-54-52(37-44)50-23-14-22-49(55(50)57-54)42-18-9-3-10-19-42/h2-31,33-37H,1,32H2/b13-5-,15-6-. The minimum absolute atomic E-state index is 0.755. The van der Waals surface area contributed by atoms with E-state index in [4.69, 9.17) is 4.42 Å². The maximum atomic E-state index is 6.57. The van der Waals surface area contributed by atoms with E-state index in [2.05, 4.69) is 218 Å². The van der Waals surface area contributed by atoms with Crippen molar-refractivity contribution in [3.63, 3.8) is 0 Å². The highest BCUT2D eigenvalue weighted by molar-refractivity contribution is 6.10. The quantitative estimate of drug-likeness (QED) is 0.169. The summed E-state index contributed by atoms with van der Waals surface area (Å²) >= 11 is 0. The minimum atomic E-state index is 0.755. The first-order chi connectivity index (χ1) is 28.2. The lowest BCUT2D eigenvalue weighted by Crippen LogP contribution is -2.18. The van der Waals surface area contributed by atoms with Crippen molar-refractivity contribution in [2.75, 3.05) is 11.4 Å². The monoisotopic (exact) mass is 729 g/mol. The molecule has 2 nitrogen and oxygen atoms in total. The second kappa shape index (κ2) is 14.7. The maximum Gasteiger partial charge on any atom is 0.143 e. The van der Waals surface area contributed by atoms with E-state index in [1.165, 1.54) is 11.1 Å². The predicted octanol–water partition coefficient (Wildman–Crippen LogP) is 15.2. The van der Waals surface area contributed by atoms with Gasteiger partial charge in [-0.05, 0) is 110 Å². The fraction of sp³-hybridized carbons (Fsp3) is 0.0182. The van der Waals surface area contributed by atoms with Crippen molar-refractivity contribution in [2.24, 2.45) is 0 Å². The summed E-state index contributed by atoms with van der Waals surface area (Å²) in [7, 11) is 0. The van der Waals surface area contributed by atoms with E-state index in [0.717, 1.165) is 95.5 Å². The SMILES string of the molecule is C=C1/C=C\C=C/CN(c2ccccc2)c2ccc(-c3cc(-c4ccc(-c5ccccc5)cc4)cc(-c4ccc5oc6c(-c7ccccc7)cccc6c5c4)c3)cc21. The first-order valence-electron chi connectivity index (χ1n) is 19.5. The Labute approximate surface area is 333 Å². The third kappa shape index (κ3) is 6.58. The minimum Gasteiger partial charge on any atom is -0.455 e. The van der Waals surface area contributed by atoms with Crippen LogP contribution in [0.15, 0.2) is 223 Å². The molecule has 2 heteroatoms. The molecule has 57 heavy (non-hydrogen) atoms. The highest BCUT2D eigenvalue weighted by Gasteiger charge is 2.18. The average molecular weight is 730 g/mol. The Hall–Kier alpha value is -7.42. The van der Waals surface area contributed by atoms with Crippen molar-refractivity contribution < 1.29 is 4.42 Å². The first-order valence-corrected chi connectivity index (χ1v) is 19.5. The zero-order valence-corrected chi connectivity index (χ0v) is 31.5. The van der Waals surface area contributed by atoms with Gasteiger partial charge < -0.3 is 9.32 Å². The summed E-state index contributed by atoms with van der Waals surface area (Å²) in [6, 6.07) is 67.4. The number of fused-ring (bicyclic) bond motifs is 4. The molecule has 0 amide bonds. The summed E-state index contributed by atoms with van der Waals surface area (Å²) in [5.74, 6) is 0. The van der Waals surface area contributed by atoms with Crippen LogP contribution in [0.25, 0.3) is 83.1 Å². The number of benzene rings is 8. The Kier molecular flexibility index (Phi) is 8.78. The van der Waals surface area contributed by atoms with Gasteiger partial charge in [0.25, 0.3) is 0 Å². The molecule has 0 N–H and O–H groups in total. The van der Waals surface area contributed by atoms with Crippen LogP contribution >= 0.6 is 0 Å². The molecule has 1 aliphatic heterocycles. The van der Waals surface area contributed by atoms with Gasteiger partial charge in [-0.3, -0.25) is 0 Å². The van der Waals surface area contributed by atoms with Crippen molar-refractivity contribution in [1.29, 1.82) is 0 Å². The molecule has 2 heterocycles. The molecule has 1 aromatic heterocycles. The Bertz CT molecular complexity index is 2970. The molecule has 9 aromatic rings. The van der Waals surface area contributed by atoms with Gasteiger partial charge >= 0.3 is 0 Å². The molecule has 0 atom stereocenters. The lowest BCUT2D eigenvalue weighted by molar-refractivity contribution is 0.670. The molecule has 0 bridgehead atoms. The van der Waals surface area contributed by atoms with Crippen LogP contribution in [0.5, 0.6) is 0 Å². The van der Waals surface area contributed by atoms with Crippen molar-refractivity contribution >= 4 is 38.9 Å².